The number of alkyl halides is 3. The average molecular weight is 243 g/mol. The van der Waals surface area contributed by atoms with Gasteiger partial charge in [0.25, 0.3) is 5.91 Å². The Morgan fingerprint density at radius 1 is 1.31 bits per heavy atom. The maximum atomic E-state index is 12.6. The van der Waals surface area contributed by atoms with E-state index in [4.69, 9.17) is 0 Å². The second-order valence-electron chi connectivity index (χ2n) is 3.54. The van der Waals surface area contributed by atoms with Crippen molar-refractivity contribution in [1.82, 2.24) is 5.43 Å². The summed E-state index contributed by atoms with van der Waals surface area (Å²) in [6.45, 7) is 1.38. The van der Waals surface area contributed by atoms with Crippen molar-refractivity contribution in [3.05, 3.63) is 0 Å². The number of ether oxygens (including phenoxy) is 1. The monoisotopic (exact) mass is 243 g/mol. The predicted molar refractivity (Wildman–Crippen MR) is 46.6 cm³/mol. The van der Waals surface area contributed by atoms with Crippen LogP contribution < -0.4 is 17.0 Å². The highest BCUT2D eigenvalue weighted by Gasteiger charge is 2.56. The molecule has 0 spiro atoms. The molecule has 0 aromatic carbocycles. The first kappa shape index (κ1) is 14.5. The fourth-order valence-corrected chi connectivity index (χ4v) is 0.869. The summed E-state index contributed by atoms with van der Waals surface area (Å²) in [5.74, 6) is 3.40. The van der Waals surface area contributed by atoms with Gasteiger partial charge in [-0.15, -0.1) is 0 Å². The van der Waals surface area contributed by atoms with E-state index in [9.17, 15) is 22.8 Å². The molecule has 0 saturated heterocycles. The van der Waals surface area contributed by atoms with Gasteiger partial charge in [0.2, 0.25) is 0 Å². The van der Waals surface area contributed by atoms with Crippen molar-refractivity contribution >= 4 is 12.0 Å². The maximum absolute atomic E-state index is 12.6. The number of carbonyl (C=O) groups excluding carboxylic acids is 2. The molecule has 1 unspecified atom stereocenters. The zero-order chi connectivity index (χ0) is 13.1. The number of carbonyl (C=O) groups is 2. The Balaban J connectivity index is 5.17. The largest absolute Gasteiger partial charge is 0.435 e. The molecule has 0 rings (SSSR count). The molecule has 0 saturated carbocycles. The number of nitrogens with one attached hydrogen (secondary N) is 1. The van der Waals surface area contributed by atoms with Gasteiger partial charge in [-0.1, -0.05) is 0 Å². The van der Waals surface area contributed by atoms with Crippen molar-refractivity contribution in [2.24, 2.45) is 17.0 Å². The van der Waals surface area contributed by atoms with Gasteiger partial charge in [0, 0.05) is 0 Å². The van der Waals surface area contributed by atoms with Gasteiger partial charge in [-0.2, -0.15) is 13.2 Å². The third-order valence-corrected chi connectivity index (χ3v) is 2.00. The van der Waals surface area contributed by atoms with Gasteiger partial charge in [-0.3, -0.25) is 10.2 Å². The predicted octanol–water partition coefficient (Wildman–Crippen LogP) is 0.0287. The van der Waals surface area contributed by atoms with E-state index in [2.05, 4.69) is 16.3 Å². The lowest BCUT2D eigenvalue weighted by atomic mass is 9.85. The highest BCUT2D eigenvalue weighted by atomic mass is 19.4. The third kappa shape index (κ3) is 2.99. The standard InChI is InChI=1S/C7H12F3N3O3/c1-6(2,7(8,9)10)3(4(14)13-12)16-5(11)15/h3H,12H2,1-2H3,(H2,11,15)(H,13,14). The minimum Gasteiger partial charge on any atom is -0.435 e. The molecule has 1 atom stereocenters. The van der Waals surface area contributed by atoms with Gasteiger partial charge in [-0.25, -0.2) is 10.6 Å². The van der Waals surface area contributed by atoms with Gasteiger partial charge in [0.05, 0.1) is 0 Å². The Labute approximate surface area is 89.1 Å². The van der Waals surface area contributed by atoms with Crippen LogP contribution >= 0.6 is 0 Å². The lowest BCUT2D eigenvalue weighted by molar-refractivity contribution is -0.238. The number of nitrogens with two attached hydrogens (primary N) is 2. The fraction of sp³-hybridized carbons (Fsp3) is 0.714. The van der Waals surface area contributed by atoms with Crippen molar-refractivity contribution < 1.29 is 27.5 Å². The van der Waals surface area contributed by atoms with E-state index in [1.807, 2.05) is 0 Å². The quantitative estimate of drug-likeness (QED) is 0.369. The molecule has 94 valence electrons. The van der Waals surface area contributed by atoms with Crippen LogP contribution in [0.25, 0.3) is 0 Å². The van der Waals surface area contributed by atoms with Crippen LogP contribution in [-0.4, -0.2) is 24.3 Å². The molecule has 0 aliphatic rings. The van der Waals surface area contributed by atoms with Crippen LogP contribution in [0, 0.1) is 5.41 Å². The summed E-state index contributed by atoms with van der Waals surface area (Å²) in [4.78, 5) is 21.5. The summed E-state index contributed by atoms with van der Waals surface area (Å²) < 4.78 is 41.9. The van der Waals surface area contributed by atoms with Crippen molar-refractivity contribution in [3.8, 4) is 0 Å². The zero-order valence-corrected chi connectivity index (χ0v) is 8.59. The van der Waals surface area contributed by atoms with Gasteiger partial charge < -0.3 is 10.5 Å². The van der Waals surface area contributed by atoms with Gasteiger partial charge >= 0.3 is 12.3 Å². The second kappa shape index (κ2) is 4.56. The Morgan fingerprint density at radius 3 is 2.00 bits per heavy atom. The molecule has 5 N–H and O–H groups in total. The number of amides is 2. The Bertz CT molecular complexity index is 290. The van der Waals surface area contributed by atoms with E-state index < -0.39 is 29.7 Å². The fourth-order valence-electron chi connectivity index (χ4n) is 0.869. The second-order valence-corrected chi connectivity index (χ2v) is 3.54. The number of rotatable bonds is 3. The van der Waals surface area contributed by atoms with Crippen LogP contribution in [0.4, 0.5) is 18.0 Å². The highest BCUT2D eigenvalue weighted by Crippen LogP contribution is 2.41. The number of halogens is 3. The van der Waals surface area contributed by atoms with Crippen molar-refractivity contribution in [2.75, 3.05) is 0 Å². The average Bonchev–Trinajstić information content (AvgIpc) is 2.10. The van der Waals surface area contributed by atoms with Crippen molar-refractivity contribution in [1.29, 1.82) is 0 Å². The van der Waals surface area contributed by atoms with E-state index in [1.165, 1.54) is 5.43 Å². The lowest BCUT2D eigenvalue weighted by Crippen LogP contribution is -2.54. The number of hydrogen-bond acceptors (Lipinski definition) is 4. The molecule has 0 aliphatic heterocycles. The van der Waals surface area contributed by atoms with Crippen LogP contribution in [0.3, 0.4) is 0 Å². The molecule has 0 fully saturated rings. The van der Waals surface area contributed by atoms with Gasteiger partial charge in [0.1, 0.15) is 5.41 Å². The SMILES string of the molecule is CC(C)(C(OC(N)=O)C(=O)NN)C(F)(F)F. The van der Waals surface area contributed by atoms with Crippen LogP contribution in [0.2, 0.25) is 0 Å². The molecule has 16 heavy (non-hydrogen) atoms. The molecule has 9 heteroatoms. The maximum Gasteiger partial charge on any atom is 0.405 e. The van der Waals surface area contributed by atoms with Crippen LogP contribution in [0.1, 0.15) is 13.8 Å². The molecule has 0 heterocycles. The van der Waals surface area contributed by atoms with E-state index in [-0.39, 0.29) is 0 Å². The van der Waals surface area contributed by atoms with Crippen molar-refractivity contribution in [2.45, 2.75) is 26.1 Å². The summed E-state index contributed by atoms with van der Waals surface area (Å²) in [5.41, 5.74) is 3.45. The molecule has 0 aliphatic carbocycles. The molecule has 6 nitrogen and oxygen atoms in total. The highest BCUT2D eigenvalue weighted by molar-refractivity contribution is 5.83. The Kier molecular flexibility index (Phi) is 4.13. The first-order valence-electron chi connectivity index (χ1n) is 4.07. The molecule has 0 aromatic heterocycles. The Morgan fingerprint density at radius 2 is 1.75 bits per heavy atom. The van der Waals surface area contributed by atoms with Crippen LogP contribution in [-0.2, 0) is 9.53 Å². The first-order chi connectivity index (χ1) is 7.04. The molecule has 2 amide bonds. The van der Waals surface area contributed by atoms with Crippen LogP contribution in [0.15, 0.2) is 0 Å². The molecular weight excluding hydrogens is 231 g/mol. The van der Waals surface area contributed by atoms with Crippen LogP contribution in [0.5, 0.6) is 0 Å². The smallest absolute Gasteiger partial charge is 0.405 e. The summed E-state index contributed by atoms with van der Waals surface area (Å²) >= 11 is 0. The van der Waals surface area contributed by atoms with E-state index >= 15 is 0 Å². The normalized spacial score (nSPS) is 14.1. The molecule has 0 aromatic rings. The zero-order valence-electron chi connectivity index (χ0n) is 8.59. The Hall–Kier alpha value is -1.51. The topological polar surface area (TPSA) is 107 Å². The lowest BCUT2D eigenvalue weighted by Gasteiger charge is -2.33. The number of hydrogen-bond donors (Lipinski definition) is 3. The molecular formula is C7H12F3N3O3. The number of primary amides is 1. The summed E-state index contributed by atoms with van der Waals surface area (Å²) in [6, 6.07) is 0. The van der Waals surface area contributed by atoms with E-state index in [0.29, 0.717) is 13.8 Å². The van der Waals surface area contributed by atoms with Crippen molar-refractivity contribution in [3.63, 3.8) is 0 Å². The minimum atomic E-state index is -4.76. The summed E-state index contributed by atoms with van der Waals surface area (Å²) in [5, 5.41) is 0. The number of hydrazine groups is 1. The van der Waals surface area contributed by atoms with Gasteiger partial charge in [0.15, 0.2) is 6.10 Å². The minimum absolute atomic E-state index is 0.690. The van der Waals surface area contributed by atoms with E-state index in [0.717, 1.165) is 0 Å². The summed E-state index contributed by atoms with van der Waals surface area (Å²) in [7, 11) is 0. The summed E-state index contributed by atoms with van der Waals surface area (Å²) in [6.07, 6.45) is -8.40. The third-order valence-electron chi connectivity index (χ3n) is 2.00. The van der Waals surface area contributed by atoms with Gasteiger partial charge in [-0.05, 0) is 13.8 Å². The first-order valence-corrected chi connectivity index (χ1v) is 4.07. The van der Waals surface area contributed by atoms with E-state index in [1.54, 1.807) is 0 Å². The molecule has 0 bridgehead atoms. The molecule has 0 radical (unpaired) electrons.